The van der Waals surface area contributed by atoms with Crippen LogP contribution in [-0.4, -0.2) is 41.3 Å². The average Bonchev–Trinajstić information content (AvgIpc) is 3.35. The molecule has 0 spiro atoms. The van der Waals surface area contributed by atoms with Gasteiger partial charge < -0.3 is 20.5 Å². The van der Waals surface area contributed by atoms with E-state index in [0.29, 0.717) is 21.8 Å². The van der Waals surface area contributed by atoms with Gasteiger partial charge in [0.25, 0.3) is 11.8 Å². The molecule has 0 bridgehead atoms. The minimum absolute atomic E-state index is 0.262. The Morgan fingerprint density at radius 2 is 1.71 bits per heavy atom. The zero-order valence-electron chi connectivity index (χ0n) is 21.2. The molecule has 4 aromatic rings. The van der Waals surface area contributed by atoms with E-state index in [1.807, 2.05) is 42.5 Å². The van der Waals surface area contributed by atoms with Crippen molar-refractivity contribution in [2.24, 2.45) is 0 Å². The highest BCUT2D eigenvalue weighted by Gasteiger charge is 2.45. The molecular weight excluding hydrogens is 496 g/mol. The maximum Gasteiger partial charge on any atom is 0.252 e. The first-order chi connectivity index (χ1) is 18.5. The molecular formula is C31H31ClN4O2. The molecule has 0 radical (unpaired) electrons. The Morgan fingerprint density at radius 3 is 2.42 bits per heavy atom. The molecule has 3 N–H and O–H groups in total. The van der Waals surface area contributed by atoms with E-state index in [4.69, 9.17) is 11.6 Å². The van der Waals surface area contributed by atoms with Crippen LogP contribution in [0.4, 0.5) is 5.69 Å². The third kappa shape index (κ3) is 5.06. The predicted molar refractivity (Wildman–Crippen MR) is 152 cm³/mol. The van der Waals surface area contributed by atoms with E-state index in [1.165, 1.54) is 44.3 Å². The quantitative estimate of drug-likeness (QED) is 0.261. The topological polar surface area (TPSA) is 77.2 Å². The van der Waals surface area contributed by atoms with Crippen molar-refractivity contribution in [2.75, 3.05) is 25.0 Å². The SMILES string of the molecule is O=C(NC(C(=O)Nc1ccc(C2(CN3CCCC3)CC2)cc1)c1ccccc1)c1ccc2c(Cl)c[nH]c2c1. The Morgan fingerprint density at radius 1 is 0.974 bits per heavy atom. The van der Waals surface area contributed by atoms with Gasteiger partial charge in [0.1, 0.15) is 6.04 Å². The van der Waals surface area contributed by atoms with E-state index in [9.17, 15) is 9.59 Å². The van der Waals surface area contributed by atoms with Gasteiger partial charge in [-0.2, -0.15) is 0 Å². The fourth-order valence-electron chi connectivity index (χ4n) is 5.57. The first kappa shape index (κ1) is 24.7. The van der Waals surface area contributed by atoms with Crippen molar-refractivity contribution < 1.29 is 9.59 Å². The molecule has 1 aromatic heterocycles. The molecule has 6 nitrogen and oxygen atoms in total. The number of hydrogen-bond donors (Lipinski definition) is 3. The van der Waals surface area contributed by atoms with Crippen molar-refractivity contribution in [2.45, 2.75) is 37.1 Å². The lowest BCUT2D eigenvalue weighted by Gasteiger charge is -2.24. The van der Waals surface area contributed by atoms with Gasteiger partial charge in [0, 0.05) is 40.3 Å². The lowest BCUT2D eigenvalue weighted by Crippen LogP contribution is -2.37. The molecule has 38 heavy (non-hydrogen) atoms. The van der Waals surface area contributed by atoms with Crippen LogP contribution in [0, 0.1) is 0 Å². The van der Waals surface area contributed by atoms with Crippen molar-refractivity contribution >= 4 is 40.0 Å². The Bertz CT molecular complexity index is 1450. The van der Waals surface area contributed by atoms with E-state index in [-0.39, 0.29) is 17.2 Å². The van der Waals surface area contributed by atoms with Crippen LogP contribution in [0.2, 0.25) is 5.02 Å². The van der Waals surface area contributed by atoms with Crippen LogP contribution in [0.1, 0.15) is 53.2 Å². The molecule has 2 heterocycles. The fourth-order valence-corrected chi connectivity index (χ4v) is 5.79. The summed E-state index contributed by atoms with van der Waals surface area (Å²) in [6.45, 7) is 3.53. The fraction of sp³-hybridized carbons (Fsp3) is 0.290. The Labute approximate surface area is 227 Å². The monoisotopic (exact) mass is 526 g/mol. The number of hydrogen-bond acceptors (Lipinski definition) is 3. The zero-order valence-corrected chi connectivity index (χ0v) is 21.9. The molecule has 1 saturated carbocycles. The summed E-state index contributed by atoms with van der Waals surface area (Å²) in [6, 6.07) is 21.9. The van der Waals surface area contributed by atoms with Crippen molar-refractivity contribution in [1.82, 2.24) is 15.2 Å². The van der Waals surface area contributed by atoms with E-state index in [0.717, 1.165) is 17.4 Å². The highest BCUT2D eigenvalue weighted by Crippen LogP contribution is 2.49. The lowest BCUT2D eigenvalue weighted by atomic mass is 9.95. The summed E-state index contributed by atoms with van der Waals surface area (Å²) in [7, 11) is 0. The number of amides is 2. The molecule has 6 rings (SSSR count). The van der Waals surface area contributed by atoms with Gasteiger partial charge in [-0.15, -0.1) is 0 Å². The van der Waals surface area contributed by atoms with Gasteiger partial charge in [0.05, 0.1) is 5.02 Å². The predicted octanol–water partition coefficient (Wildman–Crippen LogP) is 6.06. The molecule has 194 valence electrons. The largest absolute Gasteiger partial charge is 0.360 e. The number of carbonyl (C=O) groups excluding carboxylic acids is 2. The standard InChI is InChI=1S/C31H31ClN4O2/c32-26-19-33-27-18-22(8-13-25(26)27)29(37)35-28(21-6-2-1-3-7-21)30(38)34-24-11-9-23(10-12-24)31(14-15-31)20-36-16-4-5-17-36/h1-3,6-13,18-19,28,33H,4-5,14-17,20H2,(H,34,38)(H,35,37). The molecule has 2 amide bonds. The van der Waals surface area contributed by atoms with E-state index in [2.05, 4.69) is 32.7 Å². The number of carbonyl (C=O) groups is 2. The Hall–Kier alpha value is -3.61. The number of nitrogens with one attached hydrogen (secondary N) is 3. The number of aromatic amines is 1. The molecule has 1 unspecified atom stereocenters. The van der Waals surface area contributed by atoms with E-state index >= 15 is 0 Å². The van der Waals surface area contributed by atoms with Crippen molar-refractivity contribution in [3.8, 4) is 0 Å². The van der Waals surface area contributed by atoms with Crippen molar-refractivity contribution in [3.05, 3.63) is 101 Å². The second-order valence-corrected chi connectivity index (χ2v) is 11.0. The number of benzene rings is 3. The van der Waals surface area contributed by atoms with Gasteiger partial charge in [-0.05, 0) is 74.2 Å². The lowest BCUT2D eigenvalue weighted by molar-refractivity contribution is -0.118. The third-order valence-corrected chi connectivity index (χ3v) is 8.22. The maximum absolute atomic E-state index is 13.5. The van der Waals surface area contributed by atoms with Crippen molar-refractivity contribution in [1.29, 1.82) is 0 Å². The molecule has 2 fully saturated rings. The number of aromatic nitrogens is 1. The minimum Gasteiger partial charge on any atom is -0.360 e. The summed E-state index contributed by atoms with van der Waals surface area (Å²) in [5.74, 6) is -0.631. The van der Waals surface area contributed by atoms with Crippen LogP contribution >= 0.6 is 11.6 Å². The number of nitrogens with zero attached hydrogens (tertiary/aromatic N) is 1. The first-order valence-corrected chi connectivity index (χ1v) is 13.6. The molecule has 3 aromatic carbocycles. The summed E-state index contributed by atoms with van der Waals surface area (Å²) < 4.78 is 0. The van der Waals surface area contributed by atoms with Crippen LogP contribution in [0.5, 0.6) is 0 Å². The number of anilines is 1. The van der Waals surface area contributed by atoms with Gasteiger partial charge in [-0.25, -0.2) is 0 Å². The molecule has 2 aliphatic rings. The molecule has 1 saturated heterocycles. The Kier molecular flexibility index (Phi) is 6.68. The Balaban J connectivity index is 1.17. The van der Waals surface area contributed by atoms with Gasteiger partial charge in [-0.3, -0.25) is 9.59 Å². The minimum atomic E-state index is -0.851. The molecule has 1 atom stereocenters. The summed E-state index contributed by atoms with van der Waals surface area (Å²) in [6.07, 6.45) is 6.73. The summed E-state index contributed by atoms with van der Waals surface area (Å²) in [5, 5.41) is 7.38. The van der Waals surface area contributed by atoms with E-state index < -0.39 is 6.04 Å². The van der Waals surface area contributed by atoms with Gasteiger partial charge in [0.2, 0.25) is 0 Å². The highest BCUT2D eigenvalue weighted by atomic mass is 35.5. The molecule has 1 aliphatic carbocycles. The normalized spacial score (nSPS) is 17.3. The number of fused-ring (bicyclic) bond motifs is 1. The summed E-state index contributed by atoms with van der Waals surface area (Å²) >= 11 is 6.18. The average molecular weight is 527 g/mol. The van der Waals surface area contributed by atoms with Crippen LogP contribution in [-0.2, 0) is 10.2 Å². The highest BCUT2D eigenvalue weighted by molar-refractivity contribution is 6.35. The van der Waals surface area contributed by atoms with Crippen LogP contribution in [0.3, 0.4) is 0 Å². The second kappa shape index (κ2) is 10.3. The number of likely N-dealkylation sites (tertiary alicyclic amines) is 1. The third-order valence-electron chi connectivity index (χ3n) is 7.91. The number of H-pyrrole nitrogens is 1. The van der Waals surface area contributed by atoms with Crippen LogP contribution in [0.15, 0.2) is 79.0 Å². The number of halogens is 1. The first-order valence-electron chi connectivity index (χ1n) is 13.3. The maximum atomic E-state index is 13.5. The van der Waals surface area contributed by atoms with Gasteiger partial charge in [0.15, 0.2) is 0 Å². The van der Waals surface area contributed by atoms with Gasteiger partial charge >= 0.3 is 0 Å². The van der Waals surface area contributed by atoms with Crippen LogP contribution < -0.4 is 10.6 Å². The summed E-state index contributed by atoms with van der Waals surface area (Å²) in [4.78, 5) is 32.3. The molecule has 1 aliphatic heterocycles. The zero-order chi connectivity index (χ0) is 26.1. The second-order valence-electron chi connectivity index (χ2n) is 10.5. The number of rotatable bonds is 8. The van der Waals surface area contributed by atoms with Crippen LogP contribution in [0.25, 0.3) is 10.9 Å². The van der Waals surface area contributed by atoms with E-state index in [1.54, 1.807) is 24.4 Å². The van der Waals surface area contributed by atoms with Gasteiger partial charge in [-0.1, -0.05) is 60.1 Å². The molecule has 7 heteroatoms. The smallest absolute Gasteiger partial charge is 0.252 e. The van der Waals surface area contributed by atoms with Crippen molar-refractivity contribution in [3.63, 3.8) is 0 Å². The summed E-state index contributed by atoms with van der Waals surface area (Å²) in [5.41, 5.74) is 4.24.